The van der Waals surface area contributed by atoms with E-state index in [9.17, 15) is 4.39 Å². The highest BCUT2D eigenvalue weighted by atomic mass is 19.1. The molecule has 5 heteroatoms. The predicted molar refractivity (Wildman–Crippen MR) is 115 cm³/mol. The van der Waals surface area contributed by atoms with Gasteiger partial charge in [0, 0.05) is 35.5 Å². The normalized spacial score (nSPS) is 23.6. The first kappa shape index (κ1) is 18.6. The number of quaternary nitrogens is 2. The van der Waals surface area contributed by atoms with Crippen LogP contribution in [0.1, 0.15) is 18.4 Å². The van der Waals surface area contributed by atoms with E-state index >= 15 is 0 Å². The summed E-state index contributed by atoms with van der Waals surface area (Å²) in [6, 6.07) is 16.6. The lowest BCUT2D eigenvalue weighted by atomic mass is 10.0. The molecule has 0 atom stereocenters. The predicted octanol–water partition coefficient (Wildman–Crippen LogP) is 1.26. The molecule has 2 fully saturated rings. The summed E-state index contributed by atoms with van der Waals surface area (Å²) in [5, 5.41) is 1.37. The lowest BCUT2D eigenvalue weighted by Gasteiger charge is -2.39. The molecule has 152 valence electrons. The Morgan fingerprint density at radius 1 is 0.931 bits per heavy atom. The molecule has 3 N–H and O–H groups in total. The number of benzene rings is 2. The number of hydrogen-bond donors (Lipinski definition) is 3. The van der Waals surface area contributed by atoms with Gasteiger partial charge in [0.2, 0.25) is 0 Å². The number of fused-ring (bicyclic) bond motifs is 1. The van der Waals surface area contributed by atoms with Crippen molar-refractivity contribution in [1.29, 1.82) is 0 Å². The molecule has 0 saturated carbocycles. The average molecular weight is 395 g/mol. The zero-order valence-electron chi connectivity index (χ0n) is 17.0. The van der Waals surface area contributed by atoms with E-state index in [-0.39, 0.29) is 5.82 Å². The number of likely N-dealkylation sites (tertiary alicyclic amines) is 1. The third kappa shape index (κ3) is 3.89. The quantitative estimate of drug-likeness (QED) is 0.611. The molecule has 2 saturated heterocycles. The van der Waals surface area contributed by atoms with Crippen LogP contribution in [0.3, 0.4) is 0 Å². The maximum atomic E-state index is 14.1. The molecule has 0 bridgehead atoms. The number of nitrogens with zero attached hydrogens (tertiary/aromatic N) is 1. The number of H-pyrrole nitrogens is 1. The minimum absolute atomic E-state index is 0.0925. The maximum absolute atomic E-state index is 14.1. The zero-order chi connectivity index (χ0) is 19.6. The minimum atomic E-state index is -0.0925. The molecule has 2 aliphatic heterocycles. The van der Waals surface area contributed by atoms with Gasteiger partial charge in [-0.15, -0.1) is 0 Å². The highest BCUT2D eigenvalue weighted by Crippen LogP contribution is 2.19. The summed E-state index contributed by atoms with van der Waals surface area (Å²) in [5.41, 5.74) is 3.46. The summed E-state index contributed by atoms with van der Waals surface area (Å²) < 4.78 is 14.1. The molecule has 2 aliphatic rings. The number of hydrogen-bond acceptors (Lipinski definition) is 1. The van der Waals surface area contributed by atoms with Crippen LogP contribution in [0.25, 0.3) is 10.9 Å². The fourth-order valence-corrected chi connectivity index (χ4v) is 5.31. The Morgan fingerprint density at radius 3 is 2.45 bits per heavy atom. The second-order valence-electron chi connectivity index (χ2n) is 8.66. The molecule has 0 aliphatic carbocycles. The first-order valence-electron chi connectivity index (χ1n) is 11.0. The van der Waals surface area contributed by atoms with E-state index in [4.69, 9.17) is 0 Å². The van der Waals surface area contributed by atoms with E-state index in [0.29, 0.717) is 0 Å². The molecular formula is C24H31FN4+2. The van der Waals surface area contributed by atoms with Crippen LogP contribution < -0.4 is 14.7 Å². The van der Waals surface area contributed by atoms with Gasteiger partial charge in [-0.1, -0.05) is 30.3 Å². The van der Waals surface area contributed by atoms with Crippen LogP contribution in [-0.4, -0.2) is 50.3 Å². The van der Waals surface area contributed by atoms with Gasteiger partial charge < -0.3 is 19.7 Å². The van der Waals surface area contributed by atoms with E-state index in [1.54, 1.807) is 21.9 Å². The molecule has 0 amide bonds. The second kappa shape index (κ2) is 8.17. The summed E-state index contributed by atoms with van der Waals surface area (Å²) in [5.74, 6) is -0.0925. The van der Waals surface area contributed by atoms with Gasteiger partial charge in [0.15, 0.2) is 0 Å². The van der Waals surface area contributed by atoms with Gasteiger partial charge in [0.25, 0.3) is 0 Å². The topological polar surface area (TPSA) is 27.9 Å². The van der Waals surface area contributed by atoms with Crippen molar-refractivity contribution in [3.8, 4) is 0 Å². The molecule has 0 radical (unpaired) electrons. The highest BCUT2D eigenvalue weighted by molar-refractivity contribution is 5.82. The summed E-state index contributed by atoms with van der Waals surface area (Å²) in [6.45, 7) is 7.79. The molecule has 2 aromatic carbocycles. The maximum Gasteiger partial charge on any atom is 0.146 e. The van der Waals surface area contributed by atoms with Crippen molar-refractivity contribution < 1.29 is 14.2 Å². The fraction of sp³-hybridized carbons (Fsp3) is 0.417. The van der Waals surface area contributed by atoms with E-state index in [2.05, 4.69) is 40.3 Å². The van der Waals surface area contributed by atoms with Crippen molar-refractivity contribution in [2.45, 2.75) is 25.4 Å². The fourth-order valence-electron chi connectivity index (χ4n) is 5.31. The van der Waals surface area contributed by atoms with Gasteiger partial charge in [0.05, 0.1) is 51.0 Å². The van der Waals surface area contributed by atoms with Gasteiger partial charge in [-0.2, -0.15) is 0 Å². The number of para-hydroxylation sites is 2. The number of nitrogens with one attached hydrogen (secondary N) is 3. The molecule has 1 aromatic heterocycles. The van der Waals surface area contributed by atoms with E-state index in [0.717, 1.165) is 44.5 Å². The van der Waals surface area contributed by atoms with Crippen LogP contribution in [0.15, 0.2) is 54.7 Å². The summed E-state index contributed by atoms with van der Waals surface area (Å²) in [4.78, 5) is 9.06. The van der Waals surface area contributed by atoms with Gasteiger partial charge in [-0.3, -0.25) is 0 Å². The number of aromatic amines is 1. The Bertz CT molecular complexity index is 952. The molecule has 4 nitrogen and oxygen atoms in total. The summed E-state index contributed by atoms with van der Waals surface area (Å²) in [7, 11) is 0. The third-order valence-electron chi connectivity index (χ3n) is 6.98. The van der Waals surface area contributed by atoms with Gasteiger partial charge in [-0.25, -0.2) is 4.39 Å². The molecule has 0 spiro atoms. The van der Waals surface area contributed by atoms with Crippen LogP contribution in [0.5, 0.6) is 0 Å². The number of rotatable bonds is 4. The molecule has 3 aromatic rings. The smallest absolute Gasteiger partial charge is 0.146 e. The van der Waals surface area contributed by atoms with Crippen molar-refractivity contribution >= 4 is 16.6 Å². The highest BCUT2D eigenvalue weighted by Gasteiger charge is 2.33. The molecule has 3 heterocycles. The lowest BCUT2D eigenvalue weighted by Crippen LogP contribution is -3.21. The average Bonchev–Trinajstić information content (AvgIpc) is 3.18. The minimum Gasteiger partial charge on any atom is -0.361 e. The number of halogens is 1. The first-order chi connectivity index (χ1) is 14.3. The Balaban J connectivity index is 1.13. The van der Waals surface area contributed by atoms with E-state index in [1.807, 2.05) is 12.1 Å². The standard InChI is InChI=1S/C24H29FN4/c25-22-6-2-4-8-24(22)29-15-13-28(14-16-29)20-9-11-27(12-10-20)18-19-17-26-23-7-3-1-5-21(19)23/h1-8,17,20,26H,9-16,18H2/p+2. The zero-order valence-corrected chi connectivity index (χ0v) is 17.0. The first-order valence-corrected chi connectivity index (χ1v) is 11.0. The number of anilines is 1. The molecule has 5 rings (SSSR count). The van der Waals surface area contributed by atoms with Crippen LogP contribution in [0.2, 0.25) is 0 Å². The van der Waals surface area contributed by atoms with Crippen molar-refractivity contribution in [1.82, 2.24) is 4.98 Å². The Labute approximate surface area is 171 Å². The van der Waals surface area contributed by atoms with Crippen LogP contribution in [-0.2, 0) is 6.54 Å². The largest absolute Gasteiger partial charge is 0.361 e. The van der Waals surface area contributed by atoms with Crippen molar-refractivity contribution in [2.24, 2.45) is 0 Å². The molecular weight excluding hydrogens is 363 g/mol. The Morgan fingerprint density at radius 2 is 1.66 bits per heavy atom. The van der Waals surface area contributed by atoms with E-state index in [1.165, 1.54) is 42.4 Å². The third-order valence-corrected chi connectivity index (χ3v) is 6.98. The van der Waals surface area contributed by atoms with Crippen molar-refractivity contribution in [3.05, 3.63) is 66.1 Å². The molecule has 29 heavy (non-hydrogen) atoms. The van der Waals surface area contributed by atoms with Crippen molar-refractivity contribution in [3.63, 3.8) is 0 Å². The SMILES string of the molecule is Fc1ccccc1N1CC[NH+](C2CC[NH+](Cc3c[nH]c4ccccc34)CC2)CC1. The monoisotopic (exact) mass is 394 g/mol. The summed E-state index contributed by atoms with van der Waals surface area (Å²) in [6.07, 6.45) is 4.79. The lowest BCUT2D eigenvalue weighted by molar-refractivity contribution is -0.963. The van der Waals surface area contributed by atoms with E-state index < -0.39 is 0 Å². The number of piperidine rings is 1. The van der Waals surface area contributed by atoms with Crippen LogP contribution in [0, 0.1) is 5.82 Å². The van der Waals surface area contributed by atoms with Crippen LogP contribution in [0.4, 0.5) is 10.1 Å². The number of aromatic nitrogens is 1. The van der Waals surface area contributed by atoms with Crippen molar-refractivity contribution in [2.75, 3.05) is 44.2 Å². The number of piperazine rings is 1. The van der Waals surface area contributed by atoms with Gasteiger partial charge >= 0.3 is 0 Å². The van der Waals surface area contributed by atoms with Crippen LogP contribution >= 0.6 is 0 Å². The van der Waals surface area contributed by atoms with Gasteiger partial charge in [0.1, 0.15) is 12.4 Å². The summed E-state index contributed by atoms with van der Waals surface area (Å²) >= 11 is 0. The van der Waals surface area contributed by atoms with Gasteiger partial charge in [-0.05, 0) is 18.2 Å². The Hall–Kier alpha value is -2.37. The second-order valence-corrected chi connectivity index (χ2v) is 8.66. The Kier molecular flexibility index (Phi) is 5.25. The molecule has 0 unspecified atom stereocenters.